The Kier molecular flexibility index (Phi) is 16.5. The van der Waals surface area contributed by atoms with E-state index in [1.54, 1.807) is 24.0 Å². The number of carbonyl (C=O) groups is 5. The molecule has 4 fully saturated rings. The van der Waals surface area contributed by atoms with E-state index in [0.29, 0.717) is 76.2 Å². The molecule has 19 nitrogen and oxygen atoms in total. The summed E-state index contributed by atoms with van der Waals surface area (Å²) in [5, 5.41) is 5.54. The number of cyclic esters (lactones) is 1. The molecule has 0 aliphatic carbocycles. The predicted molar refractivity (Wildman–Crippen MR) is 294 cm³/mol. The molecule has 6 bridgehead atoms. The first-order chi connectivity index (χ1) is 36.8. The van der Waals surface area contributed by atoms with Crippen LogP contribution >= 0.6 is 0 Å². The third-order valence-electron chi connectivity index (χ3n) is 16.4. The number of benzene rings is 1. The highest BCUT2D eigenvalue weighted by Gasteiger charge is 2.45. The van der Waals surface area contributed by atoms with Crippen molar-refractivity contribution < 1.29 is 38.2 Å². The van der Waals surface area contributed by atoms with Gasteiger partial charge in [0.1, 0.15) is 24.9 Å². The van der Waals surface area contributed by atoms with Crippen LogP contribution in [0.4, 0.5) is 10.5 Å². The zero-order chi connectivity index (χ0) is 54.9. The number of methoxy groups -OCH3 is 1. The number of aromatic nitrogens is 3. The Morgan fingerprint density at radius 2 is 1.77 bits per heavy atom. The normalized spacial score (nSPS) is 21.9. The van der Waals surface area contributed by atoms with Crippen LogP contribution in [-0.2, 0) is 52.8 Å². The summed E-state index contributed by atoms with van der Waals surface area (Å²) < 4.78 is 20.7. The molecule has 3 aromatic heterocycles. The van der Waals surface area contributed by atoms with E-state index in [9.17, 15) is 24.0 Å². The number of fused-ring (bicyclic) bond motifs is 6. The summed E-state index contributed by atoms with van der Waals surface area (Å²) >= 11 is 0. The van der Waals surface area contributed by atoms with E-state index in [1.165, 1.54) is 16.0 Å². The maximum Gasteiger partial charge on any atom is 0.324 e. The second kappa shape index (κ2) is 22.9. The summed E-state index contributed by atoms with van der Waals surface area (Å²) in [7, 11) is 5.49. The molecular formula is C58H79N11O8. The molecule has 9 rings (SSSR count). The lowest BCUT2D eigenvalue weighted by Crippen LogP contribution is -2.62. The van der Waals surface area contributed by atoms with Crippen molar-refractivity contribution in [3.05, 3.63) is 78.3 Å². The molecule has 5 aliphatic heterocycles. The fourth-order valence-electron chi connectivity index (χ4n) is 11.9. The SMILES string of the molecule is C=CC(=O)N1COC2(CCN(C(=O)N(C)[C@H](C(=O)N[C@H]3Cc4cccc(n4)-c4ccc5c(c4)c(c(-c4cc(N6CCN(C)CC6)cnc4[C@H](C)OC)n5CC)CC(C)(C)COC(=O)[C@@H]4CCCN(N4)C3=O)C(C)C)CC2)C1. The zero-order valence-corrected chi connectivity index (χ0v) is 46.6. The van der Waals surface area contributed by atoms with Crippen molar-refractivity contribution in [3.8, 4) is 22.5 Å². The van der Waals surface area contributed by atoms with Gasteiger partial charge in [-0.15, -0.1) is 0 Å². The number of carbonyl (C=O) groups excluding carboxylic acids is 5. The van der Waals surface area contributed by atoms with Crippen LogP contribution in [0.1, 0.15) is 90.3 Å². The van der Waals surface area contributed by atoms with Crippen LogP contribution in [0.25, 0.3) is 33.4 Å². The number of amides is 5. The van der Waals surface area contributed by atoms with Crippen LogP contribution in [0.5, 0.6) is 0 Å². The Hall–Kier alpha value is -6.41. The fourth-order valence-corrected chi connectivity index (χ4v) is 11.9. The van der Waals surface area contributed by atoms with E-state index < -0.39 is 46.9 Å². The summed E-state index contributed by atoms with van der Waals surface area (Å²) in [6, 6.07) is 11.3. The maximum atomic E-state index is 14.9. The van der Waals surface area contributed by atoms with Crippen molar-refractivity contribution in [3.63, 3.8) is 0 Å². The number of anilines is 1. The standard InChI is InChI=1S/C58H79N11O8/c1-11-49(70)67-34-58(77-36-67)20-23-66(24-21-58)56(74)64(9)51(37(3)4)53(71)61-47-30-40-15-13-16-45(60-40)39-18-19-48-42(29-39)44(32-57(6,7)35-76-55(73)46-17-14-22-69(62-46)54(47)72)52(68(48)12-2)43-31-41(33-59-50(43)38(5)75-10)65-27-25-63(8)26-28-65/h11,13,15-16,18-19,29,31,33,37-38,46-47,51,62H,1,12,14,17,20-28,30,32,34-36H2,2-10H3,(H,61,71)/t38-,46-,47-,51-/m0/s1. The van der Waals surface area contributed by atoms with Crippen LogP contribution in [0.2, 0.25) is 0 Å². The molecule has 8 heterocycles. The summed E-state index contributed by atoms with van der Waals surface area (Å²) in [5.41, 5.74) is 10.3. The van der Waals surface area contributed by atoms with Crippen LogP contribution in [-0.4, -0.2) is 179 Å². The van der Waals surface area contributed by atoms with Crippen LogP contribution < -0.4 is 15.6 Å². The number of hydrogen-bond donors (Lipinski definition) is 2. The number of hydrogen-bond acceptors (Lipinski definition) is 13. The number of piperidine rings is 1. The molecule has 2 N–H and O–H groups in total. The van der Waals surface area contributed by atoms with Crippen molar-refractivity contribution in [2.45, 2.75) is 116 Å². The largest absolute Gasteiger partial charge is 0.464 e. The van der Waals surface area contributed by atoms with Gasteiger partial charge in [-0.25, -0.2) is 10.2 Å². The van der Waals surface area contributed by atoms with Crippen LogP contribution in [0.15, 0.2) is 61.3 Å². The fraction of sp³-hybridized carbons (Fsp3) is 0.569. The Labute approximate surface area is 453 Å². The third kappa shape index (κ3) is 11.6. The first-order valence-electron chi connectivity index (χ1n) is 27.5. The zero-order valence-electron chi connectivity index (χ0n) is 46.6. The molecule has 1 spiro atoms. The predicted octanol–water partition coefficient (Wildman–Crippen LogP) is 5.81. The van der Waals surface area contributed by atoms with Gasteiger partial charge in [0.2, 0.25) is 11.8 Å². The van der Waals surface area contributed by atoms with Gasteiger partial charge in [0.05, 0.1) is 53.8 Å². The number of piperazine rings is 1. The number of nitrogens with one attached hydrogen (secondary N) is 2. The minimum absolute atomic E-state index is 0.0307. The first-order valence-corrected chi connectivity index (χ1v) is 27.5. The number of ether oxygens (including phenoxy) is 3. The van der Waals surface area contributed by atoms with Gasteiger partial charge < -0.3 is 48.6 Å². The molecule has 77 heavy (non-hydrogen) atoms. The van der Waals surface area contributed by atoms with Gasteiger partial charge in [-0.3, -0.25) is 34.2 Å². The average molecular weight is 1060 g/mol. The lowest BCUT2D eigenvalue weighted by Gasteiger charge is -2.41. The second-order valence-electron chi connectivity index (χ2n) is 22.9. The lowest BCUT2D eigenvalue weighted by molar-refractivity contribution is -0.155. The van der Waals surface area contributed by atoms with E-state index in [1.807, 2.05) is 45.2 Å². The highest BCUT2D eigenvalue weighted by molar-refractivity contribution is 5.96. The number of urea groups is 1. The molecule has 4 atom stereocenters. The topological polar surface area (TPSA) is 187 Å². The molecule has 19 heteroatoms. The number of likely N-dealkylation sites (N-methyl/N-ethyl adjacent to an activating group) is 2. The van der Waals surface area contributed by atoms with E-state index in [0.717, 1.165) is 70.8 Å². The lowest BCUT2D eigenvalue weighted by atomic mass is 9.84. The maximum absolute atomic E-state index is 14.9. The molecular weight excluding hydrogens is 979 g/mol. The van der Waals surface area contributed by atoms with Crippen molar-refractivity contribution in [2.24, 2.45) is 11.3 Å². The number of nitrogens with zero attached hydrogens (tertiary/aromatic N) is 9. The van der Waals surface area contributed by atoms with Crippen LogP contribution in [0.3, 0.4) is 0 Å². The molecule has 4 aromatic rings. The van der Waals surface area contributed by atoms with Crippen molar-refractivity contribution in [2.75, 3.05) is 91.8 Å². The quantitative estimate of drug-likeness (QED) is 0.143. The summed E-state index contributed by atoms with van der Waals surface area (Å²) in [6.07, 6.45) is 5.58. The van der Waals surface area contributed by atoms with E-state index in [-0.39, 0.29) is 43.7 Å². The Balaban J connectivity index is 1.06. The van der Waals surface area contributed by atoms with Gasteiger partial charge in [-0.05, 0) is 101 Å². The molecule has 4 saturated heterocycles. The molecule has 1 aromatic carbocycles. The number of pyridine rings is 2. The van der Waals surface area contributed by atoms with Crippen molar-refractivity contribution in [1.29, 1.82) is 0 Å². The number of aryl methyl sites for hydroxylation is 1. The highest BCUT2D eigenvalue weighted by Crippen LogP contribution is 2.43. The molecule has 0 saturated carbocycles. The minimum Gasteiger partial charge on any atom is -0.464 e. The van der Waals surface area contributed by atoms with Crippen molar-refractivity contribution >= 4 is 46.3 Å². The molecule has 5 amide bonds. The van der Waals surface area contributed by atoms with Gasteiger partial charge in [0, 0.05) is 106 Å². The first kappa shape index (κ1) is 55.3. The van der Waals surface area contributed by atoms with Crippen molar-refractivity contribution in [1.82, 2.24) is 49.9 Å². The molecule has 414 valence electrons. The molecule has 0 unspecified atom stereocenters. The van der Waals surface area contributed by atoms with E-state index in [4.69, 9.17) is 24.2 Å². The average Bonchev–Trinajstić information content (AvgIpc) is 4.02. The summed E-state index contributed by atoms with van der Waals surface area (Å²) in [6.45, 7) is 21.9. The number of hydrazine groups is 1. The van der Waals surface area contributed by atoms with Gasteiger partial charge >= 0.3 is 12.0 Å². The highest BCUT2D eigenvalue weighted by atomic mass is 16.5. The van der Waals surface area contributed by atoms with Gasteiger partial charge in [0.15, 0.2) is 0 Å². The number of esters is 1. The Bertz CT molecular complexity index is 2870. The smallest absolute Gasteiger partial charge is 0.324 e. The monoisotopic (exact) mass is 1060 g/mol. The minimum atomic E-state index is -1.13. The summed E-state index contributed by atoms with van der Waals surface area (Å²) in [5.74, 6) is -1.91. The number of likely N-dealkylation sites (tertiary alicyclic amines) is 1. The van der Waals surface area contributed by atoms with Gasteiger partial charge in [-0.2, -0.15) is 0 Å². The van der Waals surface area contributed by atoms with Gasteiger partial charge in [0.25, 0.3) is 5.91 Å². The molecule has 0 radical (unpaired) electrons. The summed E-state index contributed by atoms with van der Waals surface area (Å²) in [4.78, 5) is 90.3. The van der Waals surface area contributed by atoms with E-state index in [2.05, 4.69) is 83.8 Å². The second-order valence-corrected chi connectivity index (χ2v) is 22.9. The molecule has 5 aliphatic rings. The van der Waals surface area contributed by atoms with E-state index >= 15 is 0 Å². The van der Waals surface area contributed by atoms with Crippen LogP contribution in [0, 0.1) is 11.3 Å². The number of rotatable bonds is 10. The Morgan fingerprint density at radius 3 is 2.47 bits per heavy atom. The van der Waals surface area contributed by atoms with Gasteiger partial charge in [-0.1, -0.05) is 46.4 Å². The Morgan fingerprint density at radius 1 is 1.01 bits per heavy atom. The third-order valence-corrected chi connectivity index (χ3v) is 16.4.